The summed E-state index contributed by atoms with van der Waals surface area (Å²) < 4.78 is 1.73. The molecule has 7 rings (SSSR count). The number of pyridine rings is 1. The molecule has 0 N–H and O–H groups in total. The van der Waals surface area contributed by atoms with E-state index in [1.165, 1.54) is 0 Å². The molecule has 0 saturated heterocycles. The molecular weight excluding hydrogens is 572 g/mol. The Morgan fingerprint density at radius 1 is 1.00 bits per heavy atom. The van der Waals surface area contributed by atoms with Gasteiger partial charge in [-0.25, -0.2) is 4.98 Å². The second-order valence-corrected chi connectivity index (χ2v) is 17.1. The Morgan fingerprint density at radius 3 is 2.43 bits per heavy atom. The number of carbonyl (C=O) groups excluding carboxylic acids is 3. The Hall–Kier alpha value is -3.66. The number of hydrogen-bond acceptors (Lipinski definition) is 6. The highest BCUT2D eigenvalue weighted by Gasteiger charge is 2.71. The van der Waals surface area contributed by atoms with E-state index in [1.807, 2.05) is 38.1 Å². The molecule has 7 heteroatoms. The van der Waals surface area contributed by atoms with Gasteiger partial charge in [0.25, 0.3) is 0 Å². The molecule has 2 aromatic rings. The summed E-state index contributed by atoms with van der Waals surface area (Å²) in [4.78, 5) is 52.1. The van der Waals surface area contributed by atoms with Gasteiger partial charge in [0.15, 0.2) is 11.6 Å². The summed E-state index contributed by atoms with van der Waals surface area (Å²) in [6.45, 7) is 15.3. The number of hydrogen-bond donors (Lipinski definition) is 0. The second-order valence-electron chi connectivity index (χ2n) is 17.1. The van der Waals surface area contributed by atoms with Crippen LogP contribution in [0.25, 0.3) is 11.4 Å². The molecule has 0 aromatic carbocycles. The van der Waals surface area contributed by atoms with Gasteiger partial charge in [-0.15, -0.1) is 0 Å². The molecule has 46 heavy (non-hydrogen) atoms. The number of imidazole rings is 1. The standard InChI is InChI=1S/C39H46N4O3/c1-34(2)12-14-39(33(46)43-18-17-42-32(43)24-9-8-16-41-23-24)15-13-38(7)30(26(39)21-34)27(44)19-29-36(5)20-25(22-40)31(45)35(3,4)28(36)10-11-37(29,38)6/h8-9,16-20,23,26,28,30H,10-15,21H2,1-7H3. The highest BCUT2D eigenvalue weighted by atomic mass is 16.2. The quantitative estimate of drug-likeness (QED) is 0.340. The lowest BCUT2D eigenvalue weighted by atomic mass is 9.34. The van der Waals surface area contributed by atoms with Crippen molar-refractivity contribution in [2.24, 2.45) is 50.2 Å². The van der Waals surface area contributed by atoms with Gasteiger partial charge in [0.2, 0.25) is 5.91 Å². The number of rotatable bonds is 2. The van der Waals surface area contributed by atoms with Crippen LogP contribution in [-0.4, -0.2) is 32.0 Å². The predicted octanol–water partition coefficient (Wildman–Crippen LogP) is 7.80. The smallest absolute Gasteiger partial charge is 0.238 e. The zero-order valence-corrected chi connectivity index (χ0v) is 28.3. The maximum atomic E-state index is 15.0. The van der Waals surface area contributed by atoms with E-state index in [2.05, 4.69) is 50.7 Å². The van der Waals surface area contributed by atoms with Crippen molar-refractivity contribution in [3.63, 3.8) is 0 Å². The average Bonchev–Trinajstić information content (AvgIpc) is 3.50. The Balaban J connectivity index is 1.37. The van der Waals surface area contributed by atoms with Crippen LogP contribution in [-0.2, 0) is 9.59 Å². The van der Waals surface area contributed by atoms with Crippen LogP contribution < -0.4 is 0 Å². The third kappa shape index (κ3) is 3.85. The van der Waals surface area contributed by atoms with Crippen molar-refractivity contribution >= 4 is 17.5 Å². The molecule has 7 atom stereocenters. The zero-order valence-electron chi connectivity index (χ0n) is 28.3. The van der Waals surface area contributed by atoms with Crippen molar-refractivity contribution < 1.29 is 14.4 Å². The van der Waals surface area contributed by atoms with Gasteiger partial charge in [-0.05, 0) is 91.2 Å². The first kappa shape index (κ1) is 31.0. The van der Waals surface area contributed by atoms with Gasteiger partial charge < -0.3 is 0 Å². The number of ketones is 2. The number of nitriles is 1. The predicted molar refractivity (Wildman–Crippen MR) is 175 cm³/mol. The second kappa shape index (κ2) is 9.69. The average molecular weight is 619 g/mol. The lowest BCUT2D eigenvalue weighted by Gasteiger charge is -2.69. The minimum Gasteiger partial charge on any atom is -0.295 e. The summed E-state index contributed by atoms with van der Waals surface area (Å²) in [7, 11) is 0. The van der Waals surface area contributed by atoms with Crippen LogP contribution >= 0.6 is 0 Å². The zero-order chi connectivity index (χ0) is 33.1. The van der Waals surface area contributed by atoms with Crippen molar-refractivity contribution in [1.29, 1.82) is 5.26 Å². The molecule has 2 aromatic heterocycles. The summed E-state index contributed by atoms with van der Waals surface area (Å²) in [5.74, 6) is 0.232. The van der Waals surface area contributed by atoms with Crippen molar-refractivity contribution in [3.05, 3.63) is 60.2 Å². The third-order valence-corrected chi connectivity index (χ3v) is 14.1. The number of allylic oxidation sites excluding steroid dienone is 4. The maximum absolute atomic E-state index is 15.0. The molecule has 7 unspecified atom stereocenters. The first-order valence-electron chi connectivity index (χ1n) is 17.0. The topological polar surface area (TPSA) is 106 Å². The Labute approximate surface area is 272 Å². The highest BCUT2D eigenvalue weighted by molar-refractivity contribution is 6.04. The van der Waals surface area contributed by atoms with Gasteiger partial charge in [-0.3, -0.25) is 23.9 Å². The normalized spacial score (nSPS) is 39.0. The minimum atomic E-state index is -0.699. The van der Waals surface area contributed by atoms with Crippen LogP contribution in [0.2, 0.25) is 0 Å². The highest BCUT2D eigenvalue weighted by Crippen LogP contribution is 2.74. The fourth-order valence-electron chi connectivity index (χ4n) is 11.4. The molecule has 0 amide bonds. The number of nitrogens with zero attached hydrogens (tertiary/aromatic N) is 4. The minimum absolute atomic E-state index is 0.000814. The van der Waals surface area contributed by atoms with Crippen LogP contribution in [0, 0.1) is 61.6 Å². The summed E-state index contributed by atoms with van der Waals surface area (Å²) in [5, 5.41) is 10.0. The molecular formula is C39H46N4O3. The SMILES string of the molecule is CC1(C)CCC2(C(=O)n3ccnc3-c3cccnc3)CCC3(C)C(C(=O)C=C4C5(C)C=C(C#N)C(=O)C(C)(C)C5CCC43C)C2C1. The fourth-order valence-corrected chi connectivity index (χ4v) is 11.4. The molecule has 5 aliphatic carbocycles. The summed E-state index contributed by atoms with van der Waals surface area (Å²) in [6, 6.07) is 5.98. The van der Waals surface area contributed by atoms with E-state index in [0.29, 0.717) is 12.2 Å². The molecule has 240 valence electrons. The lowest BCUT2D eigenvalue weighted by Crippen LogP contribution is -2.66. The van der Waals surface area contributed by atoms with Crippen LogP contribution in [0.15, 0.2) is 60.2 Å². The van der Waals surface area contributed by atoms with E-state index in [9.17, 15) is 19.6 Å². The summed E-state index contributed by atoms with van der Waals surface area (Å²) >= 11 is 0. The van der Waals surface area contributed by atoms with E-state index in [1.54, 1.807) is 29.4 Å². The Kier molecular flexibility index (Phi) is 6.52. The molecule has 0 radical (unpaired) electrons. The molecule has 0 bridgehead atoms. The van der Waals surface area contributed by atoms with E-state index < -0.39 is 16.2 Å². The number of fused-ring (bicyclic) bond motifs is 7. The van der Waals surface area contributed by atoms with Gasteiger partial charge in [-0.1, -0.05) is 60.1 Å². The van der Waals surface area contributed by atoms with Crippen molar-refractivity contribution in [1.82, 2.24) is 14.5 Å². The molecule has 3 fully saturated rings. The van der Waals surface area contributed by atoms with Gasteiger partial charge >= 0.3 is 0 Å². The van der Waals surface area contributed by atoms with E-state index in [0.717, 1.165) is 49.7 Å². The van der Waals surface area contributed by atoms with E-state index in [4.69, 9.17) is 0 Å². The number of carbonyl (C=O) groups is 3. The lowest BCUT2D eigenvalue weighted by molar-refractivity contribution is -0.164. The first-order chi connectivity index (χ1) is 21.6. The van der Waals surface area contributed by atoms with Gasteiger partial charge in [-0.2, -0.15) is 5.26 Å². The van der Waals surface area contributed by atoms with Crippen molar-refractivity contribution in [2.45, 2.75) is 93.4 Å². The van der Waals surface area contributed by atoms with Crippen molar-refractivity contribution in [2.75, 3.05) is 0 Å². The largest absolute Gasteiger partial charge is 0.295 e. The Bertz CT molecular complexity index is 1770. The van der Waals surface area contributed by atoms with Crippen molar-refractivity contribution in [3.8, 4) is 17.5 Å². The third-order valence-electron chi connectivity index (χ3n) is 14.1. The monoisotopic (exact) mass is 618 g/mol. The summed E-state index contributed by atoms with van der Waals surface area (Å²) in [6.07, 6.45) is 16.4. The van der Waals surface area contributed by atoms with Gasteiger partial charge in [0.05, 0.1) is 11.0 Å². The van der Waals surface area contributed by atoms with Gasteiger partial charge in [0, 0.05) is 47.1 Å². The van der Waals surface area contributed by atoms with Gasteiger partial charge in [0.1, 0.15) is 11.9 Å². The van der Waals surface area contributed by atoms with E-state index in [-0.39, 0.29) is 57.0 Å². The van der Waals surface area contributed by atoms with Crippen LogP contribution in [0.5, 0.6) is 0 Å². The maximum Gasteiger partial charge on any atom is 0.238 e. The molecule has 0 spiro atoms. The van der Waals surface area contributed by atoms with Crippen LogP contribution in [0.1, 0.15) is 98.2 Å². The first-order valence-corrected chi connectivity index (χ1v) is 17.0. The molecule has 5 aliphatic rings. The van der Waals surface area contributed by atoms with Crippen LogP contribution in [0.3, 0.4) is 0 Å². The molecule has 2 heterocycles. The molecule has 0 aliphatic heterocycles. The molecule has 3 saturated carbocycles. The Morgan fingerprint density at radius 2 is 1.74 bits per heavy atom. The fraction of sp³-hybridized carbons (Fsp3) is 0.590. The number of aromatic nitrogens is 3. The molecule has 7 nitrogen and oxygen atoms in total. The number of Topliss-reactive ketones (excluding diaryl/α,β-unsaturated/α-hetero) is 1. The van der Waals surface area contributed by atoms with Crippen LogP contribution in [0.4, 0.5) is 0 Å². The summed E-state index contributed by atoms with van der Waals surface area (Å²) in [5.41, 5.74) is -0.571. The van der Waals surface area contributed by atoms with E-state index >= 15 is 0 Å².